The van der Waals surface area contributed by atoms with E-state index in [4.69, 9.17) is 51.8 Å². The van der Waals surface area contributed by atoms with E-state index < -0.39 is 107 Å². The van der Waals surface area contributed by atoms with Gasteiger partial charge in [-0.15, -0.1) is 11.6 Å². The number of aliphatic hydroxyl groups is 1. The van der Waals surface area contributed by atoms with Crippen LogP contribution < -0.4 is 11.5 Å². The molecule has 0 aromatic heterocycles. The summed E-state index contributed by atoms with van der Waals surface area (Å²) in [6.07, 6.45) is 1.18. The van der Waals surface area contributed by atoms with Gasteiger partial charge in [0.25, 0.3) is 0 Å². The van der Waals surface area contributed by atoms with Crippen LogP contribution in [0.1, 0.15) is 123 Å². The van der Waals surface area contributed by atoms with E-state index >= 15 is 0 Å². The summed E-state index contributed by atoms with van der Waals surface area (Å²) in [5.41, 5.74) is 13.6. The Kier molecular flexibility index (Phi) is 29.5. The lowest BCUT2D eigenvalue weighted by Crippen LogP contribution is -2.13. The van der Waals surface area contributed by atoms with E-state index in [1.165, 1.54) is 36.4 Å². The van der Waals surface area contributed by atoms with Crippen LogP contribution in [0.2, 0.25) is 0 Å². The summed E-state index contributed by atoms with van der Waals surface area (Å²) < 4.78 is 200. The number of carbonyl (C=O) groups is 4. The number of aliphatic carboxylic acids is 1. The van der Waals surface area contributed by atoms with Crippen molar-refractivity contribution < 1.29 is 114 Å². The Morgan fingerprint density at radius 2 is 0.904 bits per heavy atom. The predicted octanol–water partition coefficient (Wildman–Crippen LogP) is 14.3. The van der Waals surface area contributed by atoms with Crippen LogP contribution in [0.25, 0.3) is 0 Å². The molecule has 29 heteroatoms. The van der Waals surface area contributed by atoms with Gasteiger partial charge < -0.3 is 44.9 Å². The Hall–Kier alpha value is -7.39. The van der Waals surface area contributed by atoms with Crippen LogP contribution in [0, 0.1) is 93.4 Å². The normalized spacial score (nSPS) is 20.8. The first-order chi connectivity index (χ1) is 44.4. The molecule has 6 aromatic carbocycles. The maximum absolute atomic E-state index is 13.0. The zero-order valence-corrected chi connectivity index (χ0v) is 52.4. The molecule has 512 valence electrons. The number of primary amides is 1. The van der Waals surface area contributed by atoms with Crippen molar-refractivity contribution in [1.82, 2.24) is 0 Å². The number of carboxylic acids is 1. The monoisotopic (exact) mass is 1380 g/mol. The molecule has 0 unspecified atom stereocenters. The van der Waals surface area contributed by atoms with E-state index in [-0.39, 0.29) is 103 Å². The highest BCUT2D eigenvalue weighted by Crippen LogP contribution is 2.50. The smallest absolute Gasteiger partial charge is 0.341 e. The molecule has 1 saturated heterocycles. The molecule has 4 saturated carbocycles. The van der Waals surface area contributed by atoms with Crippen LogP contribution >= 0.6 is 19.2 Å². The van der Waals surface area contributed by atoms with Gasteiger partial charge in [-0.05, 0) is 171 Å². The van der Waals surface area contributed by atoms with E-state index in [2.05, 4.69) is 4.74 Å². The highest BCUT2D eigenvalue weighted by molar-refractivity contribution is 7.54. The number of nitrogens with two attached hydrogens (primary N) is 2. The number of esters is 2. The minimum absolute atomic E-state index is 0.00917. The quantitative estimate of drug-likeness (QED) is 0.0157. The Labute approximate surface area is 537 Å². The highest BCUT2D eigenvalue weighted by atomic mass is 35.5. The summed E-state index contributed by atoms with van der Waals surface area (Å²) in [5.74, 6) is -15.0. The third-order valence-electron chi connectivity index (χ3n) is 14.4. The number of ether oxygens (including phenoxy) is 3. The molecule has 6 N–H and O–H groups in total. The van der Waals surface area contributed by atoms with Crippen molar-refractivity contribution in [2.75, 3.05) is 45.1 Å². The fourth-order valence-corrected chi connectivity index (χ4v) is 10.7. The molecule has 11 rings (SSSR count). The molecule has 1 aliphatic heterocycles. The number of epoxide rings is 1. The molecule has 0 bridgehead atoms. The summed E-state index contributed by atoms with van der Waals surface area (Å²) in [6, 6.07) is 19.3. The average molecular weight is 1380 g/mol. The van der Waals surface area contributed by atoms with E-state index in [0.717, 1.165) is 60.7 Å². The summed E-state index contributed by atoms with van der Waals surface area (Å²) in [5, 5.41) is 17.8. The van der Waals surface area contributed by atoms with Gasteiger partial charge in [0, 0.05) is 23.9 Å². The van der Waals surface area contributed by atoms with Crippen molar-refractivity contribution in [3.05, 3.63) is 212 Å². The third kappa shape index (κ3) is 23.8. The van der Waals surface area contributed by atoms with Gasteiger partial charge in [0.1, 0.15) is 18.1 Å². The topological polar surface area (TPSA) is 227 Å². The molecule has 0 spiro atoms. The maximum atomic E-state index is 13.0. The molecule has 1 heterocycles. The second kappa shape index (κ2) is 35.9. The number of carboxylic acid groups (broad SMARTS) is 1. The highest BCUT2D eigenvalue weighted by Gasteiger charge is 2.46. The molecule has 5 fully saturated rings. The van der Waals surface area contributed by atoms with Crippen LogP contribution in [0.15, 0.2) is 103 Å². The number of hydrogen-bond acceptors (Lipinski definition) is 12. The summed E-state index contributed by atoms with van der Waals surface area (Å²) in [7, 11) is -3.28. The molecule has 5 aliphatic rings. The zero-order valence-electron chi connectivity index (χ0n) is 50.7. The van der Waals surface area contributed by atoms with Crippen LogP contribution in [-0.4, -0.2) is 85.1 Å². The van der Waals surface area contributed by atoms with E-state index in [0.29, 0.717) is 67.2 Å². The SMILES string of the molecule is CCOC(=O)CP(=O)(OCC)OCC.CCOC(=O)[C@@H]1C[C@H]1c1ccc(F)c(F)c1.Fc1ccc([C@H]2CO2)cc1F.NC(=O)[C@@H]1C[C@H]1c1ccc(F)c(F)c1.N[C@@H]1C[C@H]1c1cc(F)c(F)cc1F.O=C(O)[C@@H]1C[C@H]1c1ccc(F)c(F)c1.O[C@H](CCl)c1ccc(F)c(F)c1. The van der Waals surface area contributed by atoms with Gasteiger partial charge in [-0.2, -0.15) is 0 Å². The van der Waals surface area contributed by atoms with Crippen LogP contribution in [-0.2, 0) is 47.0 Å². The van der Waals surface area contributed by atoms with Crippen molar-refractivity contribution in [1.29, 1.82) is 0 Å². The summed E-state index contributed by atoms with van der Waals surface area (Å²) in [4.78, 5) is 43.7. The van der Waals surface area contributed by atoms with Crippen molar-refractivity contribution in [3.63, 3.8) is 0 Å². The Bertz CT molecular complexity index is 3550. The second-order valence-corrected chi connectivity index (χ2v) is 23.8. The molecular weight excluding hydrogens is 1310 g/mol. The predicted molar refractivity (Wildman–Crippen MR) is 316 cm³/mol. The minimum atomic E-state index is -3.28. The van der Waals surface area contributed by atoms with Gasteiger partial charge in [0.2, 0.25) is 5.91 Å². The molecular formula is C65H67ClF13N2O12P. The first kappa shape index (κ1) is 77.3. The lowest BCUT2D eigenvalue weighted by atomic mass is 10.1. The third-order valence-corrected chi connectivity index (χ3v) is 16.7. The largest absolute Gasteiger partial charge is 0.481 e. The maximum Gasteiger partial charge on any atom is 0.341 e. The van der Waals surface area contributed by atoms with Crippen molar-refractivity contribution in [2.24, 2.45) is 29.2 Å². The standard InChI is InChI=1S/C12H12F2O2.C10H9F2NO.C10H8F2O2.C9H8F3N.C8H7ClF2O.C8H6F2O.C8H17O5P/c1-2-16-12(15)9-6-8(9)7-3-4-10(13)11(14)5-7;2*11-8-2-1-5(3-9(8)12)6-4-7(6)10(13)14;10-6-3-8(12)7(11)1-4(6)5-2-9(5)13;9-4-8(12)5-1-2-6(10)7(11)3-5;9-6-2-1-5(3-7(6)10)8-4-11-8;1-4-11-8(9)7-14(10,12-5-2)13-6-3/h3-5,8-9H,2,6H2,1H3;1-3,6-7H,4H2,(H2,13,14);1-3,6-7H,4H2,(H,13,14);1,3,5,9H,2,13H2;1-3,8,12H,4H2;1-3,8H,4H2;4-7H2,1-3H3/t8-,9+;2*6-,7+;5-,9+;2*8-;/m000011./s1. The van der Waals surface area contributed by atoms with E-state index in [1.807, 2.05) is 0 Å². The van der Waals surface area contributed by atoms with Crippen LogP contribution in [0.5, 0.6) is 0 Å². The first-order valence-electron chi connectivity index (χ1n) is 29.1. The van der Waals surface area contributed by atoms with Gasteiger partial charge in [-0.1, -0.05) is 30.3 Å². The number of aliphatic hydroxyl groups excluding tert-OH is 1. The molecule has 4 aliphatic carbocycles. The molecule has 94 heavy (non-hydrogen) atoms. The Morgan fingerprint density at radius 1 is 0.521 bits per heavy atom. The molecule has 1 amide bonds. The van der Waals surface area contributed by atoms with E-state index in [9.17, 15) is 80.8 Å². The van der Waals surface area contributed by atoms with Gasteiger partial charge in [0.05, 0.1) is 56.9 Å². The number of amides is 1. The van der Waals surface area contributed by atoms with Crippen molar-refractivity contribution in [2.45, 2.75) is 95.3 Å². The summed E-state index contributed by atoms with van der Waals surface area (Å²) >= 11 is 5.31. The Balaban J connectivity index is 0.000000199. The molecule has 6 aromatic rings. The number of carbonyl (C=O) groups excluding carboxylic acids is 3. The Morgan fingerprint density at radius 3 is 1.28 bits per heavy atom. The van der Waals surface area contributed by atoms with Gasteiger partial charge in [-0.25, -0.2) is 57.1 Å². The van der Waals surface area contributed by atoms with Crippen molar-refractivity contribution >= 4 is 43.0 Å². The number of rotatable bonds is 18. The lowest BCUT2D eigenvalue weighted by molar-refractivity contribution is -0.145. The zero-order chi connectivity index (χ0) is 69.9. The van der Waals surface area contributed by atoms with Crippen molar-refractivity contribution in [3.8, 4) is 0 Å². The second-order valence-electron chi connectivity index (χ2n) is 21.4. The summed E-state index contributed by atoms with van der Waals surface area (Å²) in [6.45, 7) is 8.53. The van der Waals surface area contributed by atoms with Crippen LogP contribution in [0.3, 0.4) is 0 Å². The number of halogens is 14. The first-order valence-corrected chi connectivity index (χ1v) is 31.4. The lowest BCUT2D eigenvalue weighted by Gasteiger charge is -2.15. The average Bonchev–Trinajstić information content (AvgIpc) is 1.66. The number of alkyl halides is 1. The fourth-order valence-electron chi connectivity index (χ4n) is 9.06. The molecule has 14 nitrogen and oxygen atoms in total. The minimum Gasteiger partial charge on any atom is -0.481 e. The van der Waals surface area contributed by atoms with Gasteiger partial charge >= 0.3 is 25.5 Å². The molecule has 0 radical (unpaired) electrons. The molecule has 10 atom stereocenters. The van der Waals surface area contributed by atoms with E-state index in [1.54, 1.807) is 27.7 Å². The van der Waals surface area contributed by atoms with Gasteiger partial charge in [0.15, 0.2) is 69.8 Å². The fraction of sp³-hybridized carbons (Fsp3) is 0.385. The van der Waals surface area contributed by atoms with Gasteiger partial charge in [-0.3, -0.25) is 23.7 Å². The number of hydrogen-bond donors (Lipinski definition) is 4. The number of benzene rings is 6. The van der Waals surface area contributed by atoms with Crippen LogP contribution in [0.4, 0.5) is 57.1 Å².